The number of primary amides is 1. The predicted molar refractivity (Wildman–Crippen MR) is 44.2 cm³/mol. The molecular formula is C8H8N2O3. The summed E-state index contributed by atoms with van der Waals surface area (Å²) < 4.78 is 0. The highest BCUT2D eigenvalue weighted by atomic mass is 16.2. The van der Waals surface area contributed by atoms with Crippen molar-refractivity contribution in [2.45, 2.75) is 0 Å². The first-order chi connectivity index (χ1) is 6.02. The lowest BCUT2D eigenvalue weighted by Gasteiger charge is -2.13. The molecule has 0 saturated heterocycles. The molecule has 0 aromatic carbocycles. The maximum Gasteiger partial charge on any atom is 0.253 e. The lowest BCUT2D eigenvalue weighted by atomic mass is 10.3. The van der Waals surface area contributed by atoms with E-state index in [4.69, 9.17) is 5.73 Å². The number of hydrogen-bond acceptors (Lipinski definition) is 3. The third-order valence-corrected chi connectivity index (χ3v) is 1.60. The summed E-state index contributed by atoms with van der Waals surface area (Å²) in [6, 6.07) is 0. The van der Waals surface area contributed by atoms with Gasteiger partial charge in [-0.2, -0.15) is 0 Å². The van der Waals surface area contributed by atoms with Gasteiger partial charge in [0.2, 0.25) is 5.91 Å². The van der Waals surface area contributed by atoms with Crippen molar-refractivity contribution in [3.8, 4) is 0 Å². The van der Waals surface area contributed by atoms with Crippen molar-refractivity contribution >= 4 is 17.7 Å². The lowest BCUT2D eigenvalue weighted by molar-refractivity contribution is -0.136. The molecule has 0 atom stereocenters. The summed E-state index contributed by atoms with van der Waals surface area (Å²) in [7, 11) is 0. The standard InChI is InChI=1S/C8H8N2O3/c1-5(8(9)13)4-10-6(11)2-3-7(10)12/h2-3H,1,4H2,(H2,9,13). The summed E-state index contributed by atoms with van der Waals surface area (Å²) in [5, 5.41) is 0. The predicted octanol–water partition coefficient (Wildman–Crippen LogP) is -1.05. The molecule has 2 N–H and O–H groups in total. The molecule has 0 aromatic heterocycles. The van der Waals surface area contributed by atoms with Crippen molar-refractivity contribution in [3.05, 3.63) is 24.3 Å². The Labute approximate surface area is 74.5 Å². The molecule has 13 heavy (non-hydrogen) atoms. The summed E-state index contributed by atoms with van der Waals surface area (Å²) in [4.78, 5) is 33.4. The average molecular weight is 180 g/mol. The van der Waals surface area contributed by atoms with Gasteiger partial charge in [0.25, 0.3) is 11.8 Å². The van der Waals surface area contributed by atoms with E-state index in [1.165, 1.54) is 0 Å². The topological polar surface area (TPSA) is 80.5 Å². The second-order valence-electron chi connectivity index (χ2n) is 2.56. The van der Waals surface area contributed by atoms with Gasteiger partial charge in [0.05, 0.1) is 6.54 Å². The molecule has 0 aliphatic carbocycles. The Morgan fingerprint density at radius 2 is 1.85 bits per heavy atom. The molecule has 3 amide bonds. The minimum Gasteiger partial charge on any atom is -0.366 e. The number of amides is 3. The first kappa shape index (κ1) is 9.18. The molecule has 0 unspecified atom stereocenters. The number of hydrogen-bond donors (Lipinski definition) is 1. The molecule has 0 fully saturated rings. The van der Waals surface area contributed by atoms with Crippen LogP contribution >= 0.6 is 0 Å². The summed E-state index contributed by atoms with van der Waals surface area (Å²) >= 11 is 0. The van der Waals surface area contributed by atoms with Crippen molar-refractivity contribution in [2.24, 2.45) is 5.73 Å². The highest BCUT2D eigenvalue weighted by Gasteiger charge is 2.24. The fourth-order valence-corrected chi connectivity index (χ4v) is 0.856. The van der Waals surface area contributed by atoms with Crippen LogP contribution in [-0.4, -0.2) is 29.2 Å². The maximum absolute atomic E-state index is 11.0. The lowest BCUT2D eigenvalue weighted by Crippen LogP contribution is -2.34. The SMILES string of the molecule is C=C(CN1C(=O)C=CC1=O)C(N)=O. The maximum atomic E-state index is 11.0. The first-order valence-corrected chi connectivity index (χ1v) is 3.53. The number of nitrogens with zero attached hydrogens (tertiary/aromatic N) is 1. The van der Waals surface area contributed by atoms with Gasteiger partial charge < -0.3 is 5.73 Å². The van der Waals surface area contributed by atoms with Crippen LogP contribution < -0.4 is 5.73 Å². The molecule has 68 valence electrons. The van der Waals surface area contributed by atoms with E-state index in [1.807, 2.05) is 0 Å². The zero-order chi connectivity index (χ0) is 10.0. The van der Waals surface area contributed by atoms with Crippen molar-refractivity contribution in [1.82, 2.24) is 4.90 Å². The number of nitrogens with two attached hydrogens (primary N) is 1. The molecule has 0 bridgehead atoms. The average Bonchev–Trinajstić information content (AvgIpc) is 2.35. The van der Waals surface area contributed by atoms with E-state index >= 15 is 0 Å². The Balaban J connectivity index is 2.66. The van der Waals surface area contributed by atoms with E-state index in [1.54, 1.807) is 0 Å². The Hall–Kier alpha value is -1.91. The normalized spacial score (nSPS) is 15.2. The Bertz CT molecular complexity index is 312. The Morgan fingerprint density at radius 3 is 2.23 bits per heavy atom. The van der Waals surface area contributed by atoms with Crippen molar-refractivity contribution in [2.75, 3.05) is 6.54 Å². The molecule has 1 aliphatic rings. The van der Waals surface area contributed by atoms with E-state index < -0.39 is 17.7 Å². The first-order valence-electron chi connectivity index (χ1n) is 3.53. The number of imide groups is 1. The summed E-state index contributed by atoms with van der Waals surface area (Å²) in [6.07, 6.45) is 2.27. The monoisotopic (exact) mass is 180 g/mol. The largest absolute Gasteiger partial charge is 0.366 e. The Kier molecular flexibility index (Phi) is 2.27. The van der Waals surface area contributed by atoms with Gasteiger partial charge in [-0.05, 0) is 0 Å². The van der Waals surface area contributed by atoms with Crippen LogP contribution in [0.15, 0.2) is 24.3 Å². The molecule has 0 radical (unpaired) electrons. The second kappa shape index (κ2) is 3.22. The van der Waals surface area contributed by atoms with Crippen molar-refractivity contribution in [3.63, 3.8) is 0 Å². The van der Waals surface area contributed by atoms with Gasteiger partial charge in [-0.15, -0.1) is 0 Å². The van der Waals surface area contributed by atoms with Crippen LogP contribution in [0.4, 0.5) is 0 Å². The van der Waals surface area contributed by atoms with Gasteiger partial charge >= 0.3 is 0 Å². The number of carbonyl (C=O) groups excluding carboxylic acids is 3. The van der Waals surface area contributed by atoms with E-state index in [0.717, 1.165) is 17.1 Å². The van der Waals surface area contributed by atoms with Crippen LogP contribution in [0, 0.1) is 0 Å². The van der Waals surface area contributed by atoms with Gasteiger partial charge in [-0.25, -0.2) is 0 Å². The molecule has 0 aromatic rings. The molecule has 5 heteroatoms. The van der Waals surface area contributed by atoms with Gasteiger partial charge in [0.1, 0.15) is 0 Å². The highest BCUT2D eigenvalue weighted by Crippen LogP contribution is 2.05. The Morgan fingerprint density at radius 1 is 1.38 bits per heavy atom. The quantitative estimate of drug-likeness (QED) is 0.444. The van der Waals surface area contributed by atoms with Crippen LogP contribution in [0.1, 0.15) is 0 Å². The molecular weight excluding hydrogens is 172 g/mol. The van der Waals surface area contributed by atoms with Gasteiger partial charge in [-0.1, -0.05) is 6.58 Å². The molecule has 1 heterocycles. The van der Waals surface area contributed by atoms with Crippen LogP contribution in [0.2, 0.25) is 0 Å². The van der Waals surface area contributed by atoms with Crippen LogP contribution in [0.3, 0.4) is 0 Å². The fourth-order valence-electron chi connectivity index (χ4n) is 0.856. The molecule has 1 aliphatic heterocycles. The van der Waals surface area contributed by atoms with Gasteiger partial charge in [0, 0.05) is 17.7 Å². The van der Waals surface area contributed by atoms with Crippen LogP contribution in [0.25, 0.3) is 0 Å². The van der Waals surface area contributed by atoms with Crippen LogP contribution in [0.5, 0.6) is 0 Å². The molecule has 1 rings (SSSR count). The van der Waals surface area contributed by atoms with Crippen molar-refractivity contribution < 1.29 is 14.4 Å². The summed E-state index contributed by atoms with van der Waals surface area (Å²) in [5.41, 5.74) is 4.93. The van der Waals surface area contributed by atoms with Gasteiger partial charge in [0.15, 0.2) is 0 Å². The zero-order valence-corrected chi connectivity index (χ0v) is 6.82. The molecule has 5 nitrogen and oxygen atoms in total. The van der Waals surface area contributed by atoms with E-state index in [2.05, 4.69) is 6.58 Å². The third kappa shape index (κ3) is 1.81. The second-order valence-corrected chi connectivity index (χ2v) is 2.56. The minimum absolute atomic E-state index is 0.0328. The zero-order valence-electron chi connectivity index (χ0n) is 6.82. The van der Waals surface area contributed by atoms with E-state index in [-0.39, 0.29) is 12.1 Å². The van der Waals surface area contributed by atoms with E-state index in [9.17, 15) is 14.4 Å². The number of rotatable bonds is 3. The highest BCUT2D eigenvalue weighted by molar-refractivity contribution is 6.13. The fraction of sp³-hybridized carbons (Fsp3) is 0.125. The van der Waals surface area contributed by atoms with Crippen LogP contribution in [-0.2, 0) is 14.4 Å². The number of carbonyl (C=O) groups is 3. The molecule has 0 spiro atoms. The third-order valence-electron chi connectivity index (χ3n) is 1.60. The summed E-state index contributed by atoms with van der Waals surface area (Å²) in [6.45, 7) is 3.20. The van der Waals surface area contributed by atoms with Gasteiger partial charge in [-0.3, -0.25) is 19.3 Å². The van der Waals surface area contributed by atoms with Crippen molar-refractivity contribution in [1.29, 1.82) is 0 Å². The van der Waals surface area contributed by atoms with E-state index in [0.29, 0.717) is 0 Å². The smallest absolute Gasteiger partial charge is 0.253 e. The molecule has 0 saturated carbocycles. The minimum atomic E-state index is -0.715. The summed E-state index contributed by atoms with van der Waals surface area (Å²) in [5.74, 6) is -1.62.